The first-order valence-electron chi connectivity index (χ1n) is 8.24. The Labute approximate surface area is 163 Å². The molecule has 0 aliphatic rings. The van der Waals surface area contributed by atoms with Crippen molar-refractivity contribution in [1.29, 1.82) is 0 Å². The summed E-state index contributed by atoms with van der Waals surface area (Å²) < 4.78 is 25.4. The first-order valence-corrected chi connectivity index (χ1v) is 9.04. The monoisotopic (exact) mass is 424 g/mol. The van der Waals surface area contributed by atoms with Crippen LogP contribution in [-0.2, 0) is 6.42 Å². The normalized spacial score (nSPS) is 11.3. The molecule has 6 heteroatoms. The van der Waals surface area contributed by atoms with Crippen LogP contribution in [0.5, 0.6) is 0 Å². The Hall–Kier alpha value is -2.99. The molecular formula is C21H14BrFN2O2. The first-order chi connectivity index (χ1) is 13.2. The number of hydrogen-bond acceptors (Lipinski definition) is 4. The molecular weight excluding hydrogens is 411 g/mol. The van der Waals surface area contributed by atoms with Gasteiger partial charge in [0.15, 0.2) is 0 Å². The summed E-state index contributed by atoms with van der Waals surface area (Å²) in [5, 5.41) is 8.13. The van der Waals surface area contributed by atoms with E-state index in [2.05, 4.69) is 26.1 Å². The van der Waals surface area contributed by atoms with Crippen LogP contribution in [0.2, 0.25) is 0 Å². The van der Waals surface area contributed by atoms with Gasteiger partial charge in [-0.15, -0.1) is 10.2 Å². The van der Waals surface area contributed by atoms with Gasteiger partial charge in [-0.3, -0.25) is 0 Å². The minimum absolute atomic E-state index is 0.308. The van der Waals surface area contributed by atoms with E-state index in [1.165, 1.54) is 12.1 Å². The maximum atomic E-state index is 13.6. The fourth-order valence-corrected chi connectivity index (χ4v) is 3.18. The van der Waals surface area contributed by atoms with Gasteiger partial charge in [0.2, 0.25) is 11.8 Å². The Morgan fingerprint density at radius 2 is 1.96 bits per heavy atom. The Morgan fingerprint density at radius 1 is 1.04 bits per heavy atom. The lowest BCUT2D eigenvalue weighted by molar-refractivity contribution is 0.496. The zero-order chi connectivity index (χ0) is 18.6. The summed E-state index contributed by atoms with van der Waals surface area (Å²) in [6, 6.07) is 14.3. The second kappa shape index (κ2) is 7.72. The standard InChI is InChI=1S/C21H14BrFN2O2/c22-17-3-1-2-14(10-17)11-21-25-24-20(27-21)7-5-15-4-6-18(23)12-19(15)16-8-9-26-13-16/h1-10,12-13H,11H2/b7-5+. The van der Waals surface area contributed by atoms with Gasteiger partial charge in [-0.05, 0) is 53.1 Å². The number of rotatable bonds is 5. The molecule has 0 bridgehead atoms. The topological polar surface area (TPSA) is 52.1 Å². The van der Waals surface area contributed by atoms with Gasteiger partial charge < -0.3 is 8.83 Å². The quantitative estimate of drug-likeness (QED) is 0.394. The van der Waals surface area contributed by atoms with Crippen molar-refractivity contribution in [2.24, 2.45) is 0 Å². The highest BCUT2D eigenvalue weighted by atomic mass is 79.9. The van der Waals surface area contributed by atoms with Gasteiger partial charge in [-0.2, -0.15) is 0 Å². The second-order valence-electron chi connectivity index (χ2n) is 5.92. The summed E-state index contributed by atoms with van der Waals surface area (Å²) in [5.41, 5.74) is 3.43. The second-order valence-corrected chi connectivity index (χ2v) is 6.83. The van der Waals surface area contributed by atoms with Gasteiger partial charge >= 0.3 is 0 Å². The molecule has 4 rings (SSSR count). The highest BCUT2D eigenvalue weighted by Crippen LogP contribution is 2.27. The van der Waals surface area contributed by atoms with E-state index in [-0.39, 0.29) is 5.82 Å². The molecule has 0 N–H and O–H groups in total. The smallest absolute Gasteiger partial charge is 0.240 e. The van der Waals surface area contributed by atoms with Gasteiger partial charge in [-0.1, -0.05) is 34.1 Å². The van der Waals surface area contributed by atoms with Crippen LogP contribution in [0.3, 0.4) is 0 Å². The SMILES string of the molecule is Fc1ccc(/C=C/c2nnc(Cc3cccc(Br)c3)o2)c(-c2ccoc2)c1. The van der Waals surface area contributed by atoms with Crippen LogP contribution >= 0.6 is 15.9 Å². The molecule has 0 spiro atoms. The number of nitrogens with zero attached hydrogens (tertiary/aromatic N) is 2. The van der Waals surface area contributed by atoms with E-state index in [4.69, 9.17) is 8.83 Å². The third-order valence-corrected chi connectivity index (χ3v) is 4.47. The molecule has 0 amide bonds. The molecule has 0 radical (unpaired) electrons. The lowest BCUT2D eigenvalue weighted by atomic mass is 10.0. The molecule has 0 saturated carbocycles. The predicted molar refractivity (Wildman–Crippen MR) is 104 cm³/mol. The fourth-order valence-electron chi connectivity index (χ4n) is 2.73. The van der Waals surface area contributed by atoms with E-state index < -0.39 is 0 Å². The van der Waals surface area contributed by atoms with Gasteiger partial charge in [0.1, 0.15) is 5.82 Å². The Morgan fingerprint density at radius 3 is 2.78 bits per heavy atom. The molecule has 2 heterocycles. The summed E-state index contributed by atoms with van der Waals surface area (Å²) in [4.78, 5) is 0. The predicted octanol–water partition coefficient (Wildman–Crippen LogP) is 5.99. The van der Waals surface area contributed by atoms with Crippen molar-refractivity contribution in [1.82, 2.24) is 10.2 Å². The molecule has 27 heavy (non-hydrogen) atoms. The zero-order valence-electron chi connectivity index (χ0n) is 14.1. The maximum Gasteiger partial charge on any atom is 0.240 e. The largest absolute Gasteiger partial charge is 0.472 e. The number of hydrogen-bond donors (Lipinski definition) is 0. The minimum Gasteiger partial charge on any atom is -0.472 e. The van der Waals surface area contributed by atoms with Crippen molar-refractivity contribution in [2.75, 3.05) is 0 Å². The molecule has 0 unspecified atom stereocenters. The summed E-state index contributed by atoms with van der Waals surface area (Å²) in [5.74, 6) is 0.613. The van der Waals surface area contributed by atoms with Crippen LogP contribution in [0.4, 0.5) is 4.39 Å². The first kappa shape index (κ1) is 17.4. The Balaban J connectivity index is 1.55. The van der Waals surface area contributed by atoms with Crippen LogP contribution in [-0.4, -0.2) is 10.2 Å². The van der Waals surface area contributed by atoms with E-state index in [0.717, 1.165) is 26.7 Å². The molecule has 0 aliphatic heterocycles. The van der Waals surface area contributed by atoms with Crippen molar-refractivity contribution >= 4 is 28.1 Å². The fraction of sp³-hybridized carbons (Fsp3) is 0.0476. The van der Waals surface area contributed by atoms with Crippen LogP contribution in [0.15, 0.2) is 74.4 Å². The highest BCUT2D eigenvalue weighted by molar-refractivity contribution is 9.10. The lowest BCUT2D eigenvalue weighted by Gasteiger charge is -2.03. The average Bonchev–Trinajstić information content (AvgIpc) is 3.33. The van der Waals surface area contributed by atoms with Crippen molar-refractivity contribution in [3.05, 3.63) is 94.3 Å². The molecule has 0 saturated heterocycles. The molecule has 4 aromatic rings. The van der Waals surface area contributed by atoms with E-state index >= 15 is 0 Å². The van der Waals surface area contributed by atoms with Crippen LogP contribution in [0, 0.1) is 5.82 Å². The van der Waals surface area contributed by atoms with Crippen LogP contribution in [0.1, 0.15) is 22.9 Å². The number of halogens is 2. The van der Waals surface area contributed by atoms with Crippen molar-refractivity contribution in [3.63, 3.8) is 0 Å². The van der Waals surface area contributed by atoms with E-state index in [1.807, 2.05) is 30.3 Å². The van der Waals surface area contributed by atoms with Crippen molar-refractivity contribution < 1.29 is 13.2 Å². The minimum atomic E-state index is -0.308. The van der Waals surface area contributed by atoms with Crippen molar-refractivity contribution in [3.8, 4) is 11.1 Å². The number of aromatic nitrogens is 2. The molecule has 0 atom stereocenters. The molecule has 0 fully saturated rings. The number of benzene rings is 2. The number of furan rings is 1. The summed E-state index contributed by atoms with van der Waals surface area (Å²) in [6.07, 6.45) is 7.22. The lowest BCUT2D eigenvalue weighted by Crippen LogP contribution is -1.87. The van der Waals surface area contributed by atoms with E-state index in [9.17, 15) is 4.39 Å². The van der Waals surface area contributed by atoms with E-state index in [1.54, 1.807) is 30.7 Å². The van der Waals surface area contributed by atoms with Crippen LogP contribution in [0.25, 0.3) is 23.3 Å². The molecule has 134 valence electrons. The van der Waals surface area contributed by atoms with Gasteiger partial charge in [0.05, 0.1) is 18.9 Å². The summed E-state index contributed by atoms with van der Waals surface area (Å²) in [6.45, 7) is 0. The van der Waals surface area contributed by atoms with E-state index in [0.29, 0.717) is 18.2 Å². The van der Waals surface area contributed by atoms with Crippen LogP contribution < -0.4 is 0 Å². The van der Waals surface area contributed by atoms with Crippen molar-refractivity contribution in [2.45, 2.75) is 6.42 Å². The Bertz CT molecular complexity index is 1090. The average molecular weight is 425 g/mol. The molecule has 2 aromatic carbocycles. The highest BCUT2D eigenvalue weighted by Gasteiger charge is 2.08. The third kappa shape index (κ3) is 4.23. The maximum absolute atomic E-state index is 13.6. The Kier molecular flexibility index (Phi) is 4.98. The molecule has 4 nitrogen and oxygen atoms in total. The third-order valence-electron chi connectivity index (χ3n) is 3.98. The summed E-state index contributed by atoms with van der Waals surface area (Å²) >= 11 is 3.45. The summed E-state index contributed by atoms with van der Waals surface area (Å²) in [7, 11) is 0. The zero-order valence-corrected chi connectivity index (χ0v) is 15.7. The van der Waals surface area contributed by atoms with Gasteiger partial charge in [-0.25, -0.2) is 4.39 Å². The molecule has 2 aromatic heterocycles. The van der Waals surface area contributed by atoms with Gasteiger partial charge in [0.25, 0.3) is 0 Å². The van der Waals surface area contributed by atoms with Gasteiger partial charge in [0, 0.05) is 16.1 Å². The molecule has 0 aliphatic carbocycles.